The van der Waals surface area contributed by atoms with Gasteiger partial charge in [0.25, 0.3) is 0 Å². The highest BCUT2D eigenvalue weighted by Crippen LogP contribution is 2.38. The molecule has 0 amide bonds. The first-order valence-corrected chi connectivity index (χ1v) is 11.5. The van der Waals surface area contributed by atoms with Gasteiger partial charge in [-0.05, 0) is 52.4 Å². The van der Waals surface area contributed by atoms with Crippen molar-refractivity contribution in [2.24, 2.45) is 11.8 Å². The fourth-order valence-corrected chi connectivity index (χ4v) is 4.29. The predicted octanol–water partition coefficient (Wildman–Crippen LogP) is 4.51. The third-order valence-corrected chi connectivity index (χ3v) is 6.16. The van der Waals surface area contributed by atoms with Gasteiger partial charge in [-0.15, -0.1) is 0 Å². The van der Waals surface area contributed by atoms with Gasteiger partial charge in [0.2, 0.25) is 0 Å². The third kappa shape index (κ3) is 6.19. The van der Waals surface area contributed by atoms with E-state index >= 15 is 0 Å². The minimum Gasteiger partial charge on any atom is -0.461 e. The highest BCUT2D eigenvalue weighted by molar-refractivity contribution is 5.89. The number of alkyl halides is 6. The molecule has 2 N–H and O–H groups in total. The van der Waals surface area contributed by atoms with Crippen molar-refractivity contribution in [1.29, 1.82) is 0 Å². The van der Waals surface area contributed by atoms with Crippen LogP contribution in [0.2, 0.25) is 0 Å². The maximum atomic E-state index is 12.7. The van der Waals surface area contributed by atoms with Gasteiger partial charge in [0.05, 0.1) is 25.0 Å². The Morgan fingerprint density at radius 2 is 1.14 bits per heavy atom. The molecule has 2 aliphatic carbocycles. The molecule has 0 unspecified atom stereocenters. The van der Waals surface area contributed by atoms with Crippen LogP contribution in [0.1, 0.15) is 70.2 Å². The lowest BCUT2D eigenvalue weighted by atomic mass is 9.86. The Balaban J connectivity index is 0.000000201. The summed E-state index contributed by atoms with van der Waals surface area (Å²) in [5.74, 6) is -4.15. The van der Waals surface area contributed by atoms with Crippen molar-refractivity contribution in [2.45, 2.75) is 64.7 Å². The molecule has 2 heterocycles. The van der Waals surface area contributed by atoms with E-state index in [0.29, 0.717) is 22.5 Å². The minimum absolute atomic E-state index is 0.0131. The van der Waals surface area contributed by atoms with Crippen LogP contribution in [0.25, 0.3) is 0 Å². The summed E-state index contributed by atoms with van der Waals surface area (Å²) in [6, 6.07) is 0. The fourth-order valence-electron chi connectivity index (χ4n) is 4.29. The zero-order valence-corrected chi connectivity index (χ0v) is 19.6. The molecule has 2 atom stereocenters. The Morgan fingerprint density at radius 1 is 0.778 bits per heavy atom. The molecule has 0 saturated heterocycles. The molecule has 4 rings (SSSR count). The second kappa shape index (κ2) is 10.9. The summed E-state index contributed by atoms with van der Waals surface area (Å²) in [7, 11) is 0. The number of hydrogen-bond acceptors (Lipinski definition) is 6. The summed E-state index contributed by atoms with van der Waals surface area (Å²) in [5.41, 5.74) is 1.89. The van der Waals surface area contributed by atoms with Gasteiger partial charge < -0.3 is 9.47 Å². The average molecular weight is 524 g/mol. The number of fused-ring (bicyclic) bond motifs is 2. The van der Waals surface area contributed by atoms with Gasteiger partial charge in [-0.1, -0.05) is 0 Å². The molecule has 0 saturated carbocycles. The maximum Gasteiger partial charge on any atom is 0.392 e. The molecule has 2 aromatic heterocycles. The van der Waals surface area contributed by atoms with Crippen LogP contribution in [-0.2, 0) is 35.2 Å². The number of aryl methyl sites for hydroxylation is 2. The zero-order chi connectivity index (χ0) is 26.7. The average Bonchev–Trinajstić information content (AvgIpc) is 3.42. The fraction of sp³-hybridized carbons (Fsp3) is 0.636. The number of aromatic nitrogens is 4. The molecule has 8 nitrogen and oxygen atoms in total. The summed E-state index contributed by atoms with van der Waals surface area (Å²) in [5, 5.41) is 12.8. The van der Waals surface area contributed by atoms with E-state index in [1.54, 1.807) is 13.8 Å². The molecular weight excluding hydrogens is 498 g/mol. The van der Waals surface area contributed by atoms with E-state index < -0.39 is 36.1 Å². The number of nitrogens with one attached hydrogen (secondary N) is 2. The second-order valence-corrected chi connectivity index (χ2v) is 8.46. The number of carbonyl (C=O) groups is 2. The van der Waals surface area contributed by atoms with Crippen LogP contribution in [0.3, 0.4) is 0 Å². The van der Waals surface area contributed by atoms with E-state index in [4.69, 9.17) is 9.47 Å². The van der Waals surface area contributed by atoms with Crippen LogP contribution in [0.5, 0.6) is 0 Å². The van der Waals surface area contributed by atoms with Gasteiger partial charge in [0, 0.05) is 22.5 Å². The normalized spacial score (nSPS) is 19.4. The molecule has 0 fully saturated rings. The van der Waals surface area contributed by atoms with Crippen LogP contribution in [0.15, 0.2) is 0 Å². The molecule has 200 valence electrons. The number of ether oxygens (including phenoxy) is 2. The van der Waals surface area contributed by atoms with Crippen LogP contribution >= 0.6 is 0 Å². The molecule has 36 heavy (non-hydrogen) atoms. The third-order valence-electron chi connectivity index (χ3n) is 6.16. The summed E-state index contributed by atoms with van der Waals surface area (Å²) < 4.78 is 85.6. The molecule has 2 aliphatic rings. The number of carbonyl (C=O) groups excluding carboxylic acids is 2. The maximum absolute atomic E-state index is 12.7. The van der Waals surface area contributed by atoms with E-state index in [9.17, 15) is 35.9 Å². The highest BCUT2D eigenvalue weighted by Gasteiger charge is 2.44. The van der Waals surface area contributed by atoms with Crippen LogP contribution in [-0.4, -0.2) is 57.9 Å². The van der Waals surface area contributed by atoms with Crippen LogP contribution < -0.4 is 0 Å². The summed E-state index contributed by atoms with van der Waals surface area (Å²) in [6.07, 6.45) is -8.31. The first-order valence-electron chi connectivity index (χ1n) is 11.5. The lowest BCUT2D eigenvalue weighted by Gasteiger charge is -2.24. The molecule has 0 aromatic carbocycles. The topological polar surface area (TPSA) is 110 Å². The predicted molar refractivity (Wildman–Crippen MR) is 112 cm³/mol. The first-order chi connectivity index (χ1) is 16.9. The Bertz CT molecular complexity index is 992. The van der Waals surface area contributed by atoms with Gasteiger partial charge in [0.15, 0.2) is 11.4 Å². The molecule has 0 radical (unpaired) electrons. The molecule has 0 spiro atoms. The molecule has 0 bridgehead atoms. The van der Waals surface area contributed by atoms with Crippen molar-refractivity contribution in [3.8, 4) is 0 Å². The summed E-state index contributed by atoms with van der Waals surface area (Å²) in [6.45, 7) is 3.61. The number of aromatic amines is 2. The second-order valence-electron chi connectivity index (χ2n) is 8.46. The van der Waals surface area contributed by atoms with E-state index in [-0.39, 0.29) is 63.1 Å². The number of hydrogen-bond donors (Lipinski definition) is 2. The monoisotopic (exact) mass is 524 g/mol. The van der Waals surface area contributed by atoms with E-state index in [2.05, 4.69) is 20.4 Å². The molecule has 2 aromatic rings. The van der Waals surface area contributed by atoms with Gasteiger partial charge in [0.1, 0.15) is 0 Å². The molecule has 0 aliphatic heterocycles. The highest BCUT2D eigenvalue weighted by atomic mass is 19.4. The summed E-state index contributed by atoms with van der Waals surface area (Å²) in [4.78, 5) is 23.1. The quantitative estimate of drug-likeness (QED) is 0.450. The number of nitrogens with zero attached hydrogens (tertiary/aromatic N) is 2. The Hall–Kier alpha value is -3.06. The Kier molecular flexibility index (Phi) is 8.34. The number of esters is 2. The largest absolute Gasteiger partial charge is 0.461 e. The Morgan fingerprint density at radius 3 is 1.44 bits per heavy atom. The van der Waals surface area contributed by atoms with Gasteiger partial charge >= 0.3 is 24.3 Å². The van der Waals surface area contributed by atoms with Crippen LogP contribution in [0, 0.1) is 11.8 Å². The van der Waals surface area contributed by atoms with Crippen molar-refractivity contribution < 1.29 is 45.4 Å². The van der Waals surface area contributed by atoms with Crippen molar-refractivity contribution in [3.05, 3.63) is 33.9 Å². The van der Waals surface area contributed by atoms with Crippen molar-refractivity contribution in [1.82, 2.24) is 20.4 Å². The SMILES string of the molecule is CCOC(=O)c1n[nH]c2c1C[C@@H](C(F)(F)F)CC2.CCOC(=O)c1n[nH]c2c1C[C@H](C(F)(F)F)CC2. The van der Waals surface area contributed by atoms with Crippen LogP contribution in [0.4, 0.5) is 26.3 Å². The molecular formula is C22H26F6N4O4. The van der Waals surface area contributed by atoms with E-state index in [0.717, 1.165) is 0 Å². The first kappa shape index (κ1) is 27.5. The number of rotatable bonds is 4. The van der Waals surface area contributed by atoms with Crippen molar-refractivity contribution >= 4 is 11.9 Å². The van der Waals surface area contributed by atoms with E-state index in [1.807, 2.05) is 0 Å². The Labute approximate surface area is 202 Å². The molecule has 14 heteroatoms. The van der Waals surface area contributed by atoms with Crippen molar-refractivity contribution in [2.75, 3.05) is 13.2 Å². The smallest absolute Gasteiger partial charge is 0.392 e. The lowest BCUT2D eigenvalue weighted by molar-refractivity contribution is -0.177. The van der Waals surface area contributed by atoms with Crippen molar-refractivity contribution in [3.63, 3.8) is 0 Å². The lowest BCUT2D eigenvalue weighted by Crippen LogP contribution is -2.29. The van der Waals surface area contributed by atoms with Gasteiger partial charge in [-0.25, -0.2) is 9.59 Å². The summed E-state index contributed by atoms with van der Waals surface area (Å²) >= 11 is 0. The zero-order valence-electron chi connectivity index (χ0n) is 19.6. The van der Waals surface area contributed by atoms with E-state index in [1.165, 1.54) is 0 Å². The minimum atomic E-state index is -4.24. The number of H-pyrrole nitrogens is 2. The van der Waals surface area contributed by atoms with Gasteiger partial charge in [-0.2, -0.15) is 36.5 Å². The number of halogens is 6. The standard InChI is InChI=1S/2C11H13F3N2O2/c2*1-2-18-10(17)9-7-5-6(11(12,13)14)3-4-8(7)15-16-9/h2*6H,2-5H2,1H3,(H,15,16)/t2*6-/m10/s1. The van der Waals surface area contributed by atoms with Gasteiger partial charge in [-0.3, -0.25) is 10.2 Å².